The topological polar surface area (TPSA) is 42.2 Å². The van der Waals surface area contributed by atoms with Crippen molar-refractivity contribution >= 4 is 27.4 Å². The zero-order chi connectivity index (χ0) is 13.4. The van der Waals surface area contributed by atoms with Crippen molar-refractivity contribution in [3.63, 3.8) is 0 Å². The second-order valence-corrected chi connectivity index (χ2v) is 5.45. The first kappa shape index (κ1) is 12.0. The van der Waals surface area contributed by atoms with Gasteiger partial charge in [-0.25, -0.2) is 4.79 Å². The molecule has 0 aliphatic carbocycles. The number of carboxylic acids is 1. The highest BCUT2D eigenvalue weighted by Gasteiger charge is 2.14. The van der Waals surface area contributed by atoms with E-state index >= 15 is 0 Å². The number of aromatic nitrogens is 1. The molecule has 0 aliphatic rings. The summed E-state index contributed by atoms with van der Waals surface area (Å²) in [6, 6.07) is 10.0. The van der Waals surface area contributed by atoms with Gasteiger partial charge in [0, 0.05) is 17.4 Å². The average Bonchev–Trinajstić information content (AvgIpc) is 2.95. The summed E-state index contributed by atoms with van der Waals surface area (Å²) in [5.41, 5.74) is 2.33. The van der Waals surface area contributed by atoms with Crippen LogP contribution >= 0.6 is 11.3 Å². The number of thiophene rings is 1. The normalized spacial score (nSPS) is 11.0. The Balaban J connectivity index is 2.04. The van der Waals surface area contributed by atoms with Crippen molar-refractivity contribution in [2.45, 2.75) is 13.5 Å². The molecule has 0 spiro atoms. The van der Waals surface area contributed by atoms with Gasteiger partial charge in [-0.05, 0) is 40.9 Å². The van der Waals surface area contributed by atoms with Gasteiger partial charge >= 0.3 is 5.97 Å². The highest BCUT2D eigenvalue weighted by molar-refractivity contribution is 7.17. The van der Waals surface area contributed by atoms with Gasteiger partial charge in [-0.3, -0.25) is 0 Å². The number of aromatic carboxylic acids is 1. The molecule has 19 heavy (non-hydrogen) atoms. The second-order valence-electron chi connectivity index (χ2n) is 4.54. The Kier molecular flexibility index (Phi) is 2.87. The van der Waals surface area contributed by atoms with Crippen molar-refractivity contribution in [3.8, 4) is 0 Å². The summed E-state index contributed by atoms with van der Waals surface area (Å²) in [5, 5.41) is 12.6. The van der Waals surface area contributed by atoms with Crippen LogP contribution in [0.3, 0.4) is 0 Å². The minimum Gasteiger partial charge on any atom is -0.477 e. The van der Waals surface area contributed by atoms with E-state index in [0.29, 0.717) is 12.2 Å². The van der Waals surface area contributed by atoms with Gasteiger partial charge in [-0.1, -0.05) is 18.2 Å². The van der Waals surface area contributed by atoms with Crippen LogP contribution in [0, 0.1) is 6.92 Å². The molecule has 2 aromatic heterocycles. The number of aryl methyl sites for hydroxylation is 1. The Morgan fingerprint density at radius 3 is 2.89 bits per heavy atom. The second kappa shape index (κ2) is 4.55. The Hall–Kier alpha value is -2.07. The number of fused-ring (bicyclic) bond motifs is 1. The number of carboxylic acid groups (broad SMARTS) is 1. The average molecular weight is 271 g/mol. The van der Waals surface area contributed by atoms with E-state index in [1.165, 1.54) is 15.6 Å². The van der Waals surface area contributed by atoms with E-state index in [4.69, 9.17) is 0 Å². The minimum absolute atomic E-state index is 0.371. The van der Waals surface area contributed by atoms with Crippen LogP contribution in [-0.2, 0) is 6.54 Å². The Bertz CT molecular complexity index is 754. The number of benzene rings is 1. The van der Waals surface area contributed by atoms with Gasteiger partial charge in [0.1, 0.15) is 5.69 Å². The molecule has 0 unspecified atom stereocenters. The maximum atomic E-state index is 11.3. The molecule has 0 aliphatic heterocycles. The molecule has 3 aromatic rings. The highest BCUT2D eigenvalue weighted by atomic mass is 32.1. The standard InChI is InChI=1S/C15H13NO2S/c1-10-6-7-16(14(10)15(17)18)8-11-9-19-13-5-3-2-4-12(11)13/h2-7,9H,8H2,1H3,(H,17,18). The van der Waals surface area contributed by atoms with E-state index < -0.39 is 5.97 Å². The fraction of sp³-hybridized carbons (Fsp3) is 0.133. The summed E-state index contributed by atoms with van der Waals surface area (Å²) >= 11 is 1.69. The Morgan fingerprint density at radius 2 is 2.11 bits per heavy atom. The lowest BCUT2D eigenvalue weighted by atomic mass is 10.2. The molecule has 0 bridgehead atoms. The maximum absolute atomic E-state index is 11.3. The molecule has 96 valence electrons. The first-order chi connectivity index (χ1) is 9.16. The molecule has 1 N–H and O–H groups in total. The SMILES string of the molecule is Cc1ccn(Cc2csc3ccccc23)c1C(=O)O. The third kappa shape index (κ3) is 2.04. The molecule has 0 saturated heterocycles. The minimum atomic E-state index is -0.873. The third-order valence-electron chi connectivity index (χ3n) is 3.27. The first-order valence-corrected chi connectivity index (χ1v) is 6.89. The molecule has 0 atom stereocenters. The summed E-state index contributed by atoms with van der Waals surface area (Å²) in [6.07, 6.45) is 1.84. The van der Waals surface area contributed by atoms with Gasteiger partial charge in [0.05, 0.1) is 0 Å². The molecule has 0 radical (unpaired) electrons. The fourth-order valence-electron chi connectivity index (χ4n) is 2.34. The van der Waals surface area contributed by atoms with Gasteiger partial charge in [-0.15, -0.1) is 11.3 Å². The summed E-state index contributed by atoms with van der Waals surface area (Å²) in [6.45, 7) is 2.42. The maximum Gasteiger partial charge on any atom is 0.352 e. The molecule has 2 heterocycles. The Morgan fingerprint density at radius 1 is 1.32 bits per heavy atom. The van der Waals surface area contributed by atoms with E-state index in [1.807, 2.05) is 31.3 Å². The van der Waals surface area contributed by atoms with Crippen LogP contribution < -0.4 is 0 Å². The summed E-state index contributed by atoms with van der Waals surface area (Å²) in [7, 11) is 0. The van der Waals surface area contributed by atoms with Crippen LogP contribution in [-0.4, -0.2) is 15.6 Å². The summed E-state index contributed by atoms with van der Waals surface area (Å²) < 4.78 is 3.03. The van der Waals surface area contributed by atoms with Gasteiger partial charge in [0.2, 0.25) is 0 Å². The zero-order valence-corrected chi connectivity index (χ0v) is 11.3. The van der Waals surface area contributed by atoms with Gasteiger partial charge < -0.3 is 9.67 Å². The van der Waals surface area contributed by atoms with Crippen molar-refractivity contribution in [1.82, 2.24) is 4.57 Å². The predicted molar refractivity (Wildman–Crippen MR) is 77.1 cm³/mol. The van der Waals surface area contributed by atoms with Gasteiger partial charge in [0.15, 0.2) is 0 Å². The highest BCUT2D eigenvalue weighted by Crippen LogP contribution is 2.27. The van der Waals surface area contributed by atoms with Crippen LogP contribution in [0.15, 0.2) is 41.9 Å². The molecular formula is C15H13NO2S. The third-order valence-corrected chi connectivity index (χ3v) is 4.28. The molecule has 0 amide bonds. The lowest BCUT2D eigenvalue weighted by molar-refractivity contribution is 0.0685. The Labute approximate surface area is 114 Å². The number of hydrogen-bond donors (Lipinski definition) is 1. The van der Waals surface area contributed by atoms with E-state index in [0.717, 1.165) is 5.56 Å². The van der Waals surface area contributed by atoms with E-state index in [-0.39, 0.29) is 0 Å². The van der Waals surface area contributed by atoms with Gasteiger partial charge in [-0.2, -0.15) is 0 Å². The van der Waals surface area contributed by atoms with E-state index in [9.17, 15) is 9.90 Å². The molecular weight excluding hydrogens is 258 g/mol. The van der Waals surface area contributed by atoms with Crippen molar-refractivity contribution in [2.75, 3.05) is 0 Å². The molecule has 3 rings (SSSR count). The number of nitrogens with zero attached hydrogens (tertiary/aromatic N) is 1. The quantitative estimate of drug-likeness (QED) is 0.788. The van der Waals surface area contributed by atoms with Crippen LogP contribution in [0.1, 0.15) is 21.6 Å². The van der Waals surface area contributed by atoms with Gasteiger partial charge in [0.25, 0.3) is 0 Å². The smallest absolute Gasteiger partial charge is 0.352 e. The molecule has 3 nitrogen and oxygen atoms in total. The van der Waals surface area contributed by atoms with E-state index in [2.05, 4.69) is 17.5 Å². The number of carbonyl (C=O) groups is 1. The molecule has 1 aromatic carbocycles. The van der Waals surface area contributed by atoms with E-state index in [1.54, 1.807) is 15.9 Å². The van der Waals surface area contributed by atoms with Crippen LogP contribution in [0.2, 0.25) is 0 Å². The zero-order valence-electron chi connectivity index (χ0n) is 10.5. The van der Waals surface area contributed by atoms with Crippen molar-refractivity contribution < 1.29 is 9.90 Å². The first-order valence-electron chi connectivity index (χ1n) is 6.01. The predicted octanol–water partition coefficient (Wildman–Crippen LogP) is 3.76. The number of hydrogen-bond acceptors (Lipinski definition) is 2. The largest absolute Gasteiger partial charge is 0.477 e. The molecule has 0 saturated carbocycles. The van der Waals surface area contributed by atoms with Crippen LogP contribution in [0.4, 0.5) is 0 Å². The lowest BCUT2D eigenvalue weighted by Crippen LogP contribution is -2.09. The fourth-order valence-corrected chi connectivity index (χ4v) is 3.30. The molecule has 4 heteroatoms. The number of rotatable bonds is 3. The summed E-state index contributed by atoms with van der Waals surface area (Å²) in [4.78, 5) is 11.3. The van der Waals surface area contributed by atoms with Crippen LogP contribution in [0.5, 0.6) is 0 Å². The van der Waals surface area contributed by atoms with Crippen LogP contribution in [0.25, 0.3) is 10.1 Å². The van der Waals surface area contributed by atoms with Crippen molar-refractivity contribution in [3.05, 3.63) is 58.7 Å². The lowest BCUT2D eigenvalue weighted by Gasteiger charge is -2.06. The molecule has 0 fully saturated rings. The van der Waals surface area contributed by atoms with Crippen molar-refractivity contribution in [1.29, 1.82) is 0 Å². The van der Waals surface area contributed by atoms with Crippen molar-refractivity contribution in [2.24, 2.45) is 0 Å². The monoisotopic (exact) mass is 271 g/mol. The summed E-state index contributed by atoms with van der Waals surface area (Å²) in [5.74, 6) is -0.873.